The van der Waals surface area contributed by atoms with Gasteiger partial charge < -0.3 is 15.0 Å². The van der Waals surface area contributed by atoms with Gasteiger partial charge in [-0.05, 0) is 67.4 Å². The smallest absolute Gasteiger partial charge is 0.328 e. The zero-order chi connectivity index (χ0) is 18.7. The number of aromatic nitrogens is 1. The molecule has 1 aliphatic rings. The normalized spacial score (nSPS) is 17.6. The number of ether oxygens (including phenoxy) is 1. The van der Waals surface area contributed by atoms with Crippen LogP contribution < -0.4 is 5.32 Å². The van der Waals surface area contributed by atoms with Crippen molar-refractivity contribution in [2.45, 2.75) is 38.6 Å². The molecule has 2 atom stereocenters. The Morgan fingerprint density at radius 3 is 2.96 bits per heavy atom. The Kier molecular flexibility index (Phi) is 5.91. The summed E-state index contributed by atoms with van der Waals surface area (Å²) in [5.41, 5.74) is 4.28. The van der Waals surface area contributed by atoms with Gasteiger partial charge in [0.2, 0.25) is 0 Å². The van der Waals surface area contributed by atoms with E-state index in [0.717, 1.165) is 29.5 Å². The second-order valence-electron chi connectivity index (χ2n) is 7.02. The van der Waals surface area contributed by atoms with Crippen molar-refractivity contribution in [3.05, 3.63) is 35.0 Å². The number of aromatic amines is 1. The molecule has 0 aliphatic heterocycles. The van der Waals surface area contributed by atoms with E-state index in [1.165, 1.54) is 24.8 Å². The molecule has 2 N–H and O–H groups in total. The van der Waals surface area contributed by atoms with Crippen LogP contribution in [0.1, 0.15) is 41.4 Å². The number of amides is 1. The van der Waals surface area contributed by atoms with Crippen molar-refractivity contribution < 1.29 is 14.3 Å². The Hall–Kier alpha value is -1.95. The number of carbonyl (C=O) groups excluding carboxylic acids is 2. The van der Waals surface area contributed by atoms with Crippen LogP contribution in [0.15, 0.2) is 18.2 Å². The number of carbonyl (C=O) groups is 2. The Bertz CT molecular complexity index is 815. The fourth-order valence-electron chi connectivity index (χ4n) is 3.60. The Balaban J connectivity index is 1.83. The molecule has 0 fully saturated rings. The molecule has 0 bridgehead atoms. The molecule has 3 rings (SSSR count). The third-order valence-corrected chi connectivity index (χ3v) is 5.74. The predicted molar refractivity (Wildman–Crippen MR) is 106 cm³/mol. The van der Waals surface area contributed by atoms with Gasteiger partial charge in [0.25, 0.3) is 5.91 Å². The number of fused-ring (bicyclic) bond motifs is 3. The average Bonchev–Trinajstić information content (AvgIpc) is 3.01. The van der Waals surface area contributed by atoms with E-state index in [1.807, 2.05) is 24.5 Å². The lowest BCUT2D eigenvalue weighted by Gasteiger charge is -2.18. The average molecular weight is 375 g/mol. The molecule has 1 aromatic heterocycles. The first-order valence-corrected chi connectivity index (χ1v) is 10.4. The summed E-state index contributed by atoms with van der Waals surface area (Å²) in [4.78, 5) is 28.1. The van der Waals surface area contributed by atoms with Gasteiger partial charge in [0.15, 0.2) is 0 Å². The molecule has 140 valence electrons. The Morgan fingerprint density at radius 2 is 2.23 bits per heavy atom. The van der Waals surface area contributed by atoms with Crippen LogP contribution in [0.2, 0.25) is 0 Å². The number of H-pyrrole nitrogens is 1. The number of methoxy groups -OCH3 is 1. The molecule has 5 nitrogen and oxygen atoms in total. The first-order chi connectivity index (χ1) is 12.5. The minimum atomic E-state index is -0.615. The van der Waals surface area contributed by atoms with Gasteiger partial charge in [-0.15, -0.1) is 0 Å². The molecule has 1 aromatic carbocycles. The molecule has 26 heavy (non-hydrogen) atoms. The number of nitrogens with one attached hydrogen (secondary N) is 2. The van der Waals surface area contributed by atoms with Crippen LogP contribution in [0.25, 0.3) is 10.9 Å². The van der Waals surface area contributed by atoms with E-state index >= 15 is 0 Å². The van der Waals surface area contributed by atoms with Crippen LogP contribution in [0.3, 0.4) is 0 Å². The topological polar surface area (TPSA) is 71.2 Å². The molecule has 6 heteroatoms. The number of aryl methyl sites for hydroxylation is 1. The molecular formula is C20H26N2O3S. The minimum Gasteiger partial charge on any atom is -0.467 e. The lowest BCUT2D eigenvalue weighted by molar-refractivity contribution is -0.142. The lowest BCUT2D eigenvalue weighted by atomic mass is 9.87. The molecule has 1 aliphatic carbocycles. The zero-order valence-corrected chi connectivity index (χ0v) is 16.4. The van der Waals surface area contributed by atoms with Crippen molar-refractivity contribution in [3.63, 3.8) is 0 Å². The first-order valence-electron chi connectivity index (χ1n) is 9.04. The van der Waals surface area contributed by atoms with E-state index in [4.69, 9.17) is 4.74 Å². The number of benzene rings is 1. The SMILES string of the molecule is COC(=O)[C@@H](CCSC)NC(=O)c1ccc2[nH]c3c(c2c1)C[C@H](C)CC3. The van der Waals surface area contributed by atoms with Crippen molar-refractivity contribution >= 4 is 34.5 Å². The first kappa shape index (κ1) is 18.8. The molecule has 0 saturated carbocycles. The fraction of sp³-hybridized carbons (Fsp3) is 0.500. The van der Waals surface area contributed by atoms with E-state index in [9.17, 15) is 9.59 Å². The number of esters is 1. The molecule has 0 radical (unpaired) electrons. The van der Waals surface area contributed by atoms with Crippen molar-refractivity contribution in [1.29, 1.82) is 0 Å². The maximum absolute atomic E-state index is 12.7. The summed E-state index contributed by atoms with van der Waals surface area (Å²) in [5, 5.41) is 3.95. The zero-order valence-electron chi connectivity index (χ0n) is 15.6. The van der Waals surface area contributed by atoms with E-state index in [0.29, 0.717) is 17.9 Å². The summed E-state index contributed by atoms with van der Waals surface area (Å²) in [6, 6.07) is 5.10. The van der Waals surface area contributed by atoms with Gasteiger partial charge in [-0.2, -0.15) is 11.8 Å². The summed E-state index contributed by atoms with van der Waals surface area (Å²) < 4.78 is 4.82. The van der Waals surface area contributed by atoms with Gasteiger partial charge in [0.1, 0.15) is 6.04 Å². The summed E-state index contributed by atoms with van der Waals surface area (Å²) in [6.45, 7) is 2.27. The highest BCUT2D eigenvalue weighted by Crippen LogP contribution is 2.32. The van der Waals surface area contributed by atoms with Gasteiger partial charge in [0, 0.05) is 22.2 Å². The molecule has 1 heterocycles. The third kappa shape index (κ3) is 3.90. The van der Waals surface area contributed by atoms with Gasteiger partial charge in [-0.1, -0.05) is 6.92 Å². The number of hydrogen-bond donors (Lipinski definition) is 2. The van der Waals surface area contributed by atoms with E-state index in [1.54, 1.807) is 11.8 Å². The van der Waals surface area contributed by atoms with Crippen LogP contribution in [-0.4, -0.2) is 42.0 Å². The summed E-state index contributed by atoms with van der Waals surface area (Å²) >= 11 is 1.64. The highest BCUT2D eigenvalue weighted by Gasteiger charge is 2.23. The van der Waals surface area contributed by atoms with Crippen molar-refractivity contribution in [2.75, 3.05) is 19.1 Å². The molecular weight excluding hydrogens is 348 g/mol. The maximum Gasteiger partial charge on any atom is 0.328 e. The number of rotatable bonds is 6. The van der Waals surface area contributed by atoms with Gasteiger partial charge >= 0.3 is 5.97 Å². The molecule has 1 amide bonds. The number of hydrogen-bond acceptors (Lipinski definition) is 4. The van der Waals surface area contributed by atoms with E-state index in [2.05, 4.69) is 17.2 Å². The highest BCUT2D eigenvalue weighted by molar-refractivity contribution is 7.98. The Labute approximate surface area is 158 Å². The molecule has 2 aromatic rings. The maximum atomic E-state index is 12.7. The van der Waals surface area contributed by atoms with Crippen LogP contribution in [-0.2, 0) is 22.4 Å². The number of thioether (sulfide) groups is 1. The van der Waals surface area contributed by atoms with Crippen molar-refractivity contribution in [2.24, 2.45) is 5.92 Å². The van der Waals surface area contributed by atoms with Crippen LogP contribution in [0, 0.1) is 5.92 Å². The second kappa shape index (κ2) is 8.16. The largest absolute Gasteiger partial charge is 0.467 e. The summed E-state index contributed by atoms with van der Waals surface area (Å²) in [7, 11) is 1.35. The summed E-state index contributed by atoms with van der Waals surface area (Å²) in [6.07, 6.45) is 5.83. The van der Waals surface area contributed by atoms with Crippen molar-refractivity contribution in [1.82, 2.24) is 10.3 Å². The highest BCUT2D eigenvalue weighted by atomic mass is 32.2. The monoisotopic (exact) mass is 374 g/mol. The standard InChI is InChI=1S/C20H26N2O3S/c1-12-4-6-16-14(10-12)15-11-13(5-7-17(15)21-16)19(23)22-18(8-9-26-3)20(24)25-2/h5,7,11-12,18,21H,4,6,8-10H2,1-3H3,(H,22,23)/t12-,18-/m1/s1. The fourth-order valence-corrected chi connectivity index (χ4v) is 4.07. The quantitative estimate of drug-likeness (QED) is 0.761. The van der Waals surface area contributed by atoms with Gasteiger partial charge in [0.05, 0.1) is 7.11 Å². The second-order valence-corrected chi connectivity index (χ2v) is 8.01. The van der Waals surface area contributed by atoms with Gasteiger partial charge in [-0.3, -0.25) is 4.79 Å². The van der Waals surface area contributed by atoms with Crippen LogP contribution >= 0.6 is 11.8 Å². The van der Waals surface area contributed by atoms with Crippen LogP contribution in [0.5, 0.6) is 0 Å². The van der Waals surface area contributed by atoms with Gasteiger partial charge in [-0.25, -0.2) is 4.79 Å². The minimum absolute atomic E-state index is 0.234. The molecule has 0 spiro atoms. The Morgan fingerprint density at radius 1 is 1.42 bits per heavy atom. The molecule has 0 saturated heterocycles. The van der Waals surface area contributed by atoms with E-state index < -0.39 is 12.0 Å². The van der Waals surface area contributed by atoms with E-state index in [-0.39, 0.29) is 5.91 Å². The van der Waals surface area contributed by atoms with Crippen molar-refractivity contribution in [3.8, 4) is 0 Å². The lowest BCUT2D eigenvalue weighted by Crippen LogP contribution is -2.41. The van der Waals surface area contributed by atoms with Crippen LogP contribution in [0.4, 0.5) is 0 Å². The third-order valence-electron chi connectivity index (χ3n) is 5.10. The summed E-state index contributed by atoms with van der Waals surface area (Å²) in [5.74, 6) is 0.806. The molecule has 0 unspecified atom stereocenters. The predicted octanol–water partition coefficient (Wildman–Crippen LogP) is 3.32.